The minimum absolute atomic E-state index is 0.0479. The Hall–Kier alpha value is -1.72. The molecule has 0 bridgehead atoms. The molecule has 3 heterocycles. The summed E-state index contributed by atoms with van der Waals surface area (Å²) in [7, 11) is 0. The van der Waals surface area contributed by atoms with Crippen LogP contribution in [0.15, 0.2) is 48.0 Å². The molecular formula is C27H30ClIN2O4S. The fraction of sp³-hybridized carbons (Fsp3) is 0.407. The van der Waals surface area contributed by atoms with E-state index >= 15 is 0 Å². The van der Waals surface area contributed by atoms with Crippen LogP contribution in [-0.4, -0.2) is 62.8 Å². The van der Waals surface area contributed by atoms with Crippen LogP contribution in [0.3, 0.4) is 0 Å². The van der Waals surface area contributed by atoms with Crippen LogP contribution in [-0.2, 0) is 0 Å². The van der Waals surface area contributed by atoms with E-state index in [0.29, 0.717) is 48.3 Å². The van der Waals surface area contributed by atoms with Crippen LogP contribution in [0.25, 0.3) is 21.6 Å². The number of pyridine rings is 1. The fourth-order valence-corrected chi connectivity index (χ4v) is 5.77. The second-order valence-corrected chi connectivity index (χ2v) is 10.4. The number of hydrogen-bond donors (Lipinski definition) is 2. The van der Waals surface area contributed by atoms with Gasteiger partial charge in [-0.25, -0.2) is 4.98 Å². The zero-order valence-corrected chi connectivity index (χ0v) is 23.8. The molecule has 9 heteroatoms. The number of ether oxygens (including phenoxy) is 1. The highest BCUT2D eigenvalue weighted by Gasteiger charge is 2.30. The maximum Gasteiger partial charge on any atom is 0.253 e. The largest absolute Gasteiger partial charge is 0.474 e. The number of hydrogen-bond acceptors (Lipinski definition) is 6. The lowest BCUT2D eigenvalue weighted by molar-refractivity contribution is 0.0296. The first-order chi connectivity index (χ1) is 17.5. The maximum absolute atomic E-state index is 12.8. The second kappa shape index (κ2) is 12.7. The summed E-state index contributed by atoms with van der Waals surface area (Å²) < 4.78 is 5.96. The number of thiophene rings is 1. The van der Waals surface area contributed by atoms with Crippen molar-refractivity contribution in [1.29, 1.82) is 0 Å². The molecule has 2 aliphatic rings. The molecule has 2 N–H and O–H groups in total. The summed E-state index contributed by atoms with van der Waals surface area (Å²) in [5.74, 6) is 0.887. The number of carbonyl (C=O) groups is 1. The zero-order valence-electron chi connectivity index (χ0n) is 20.1. The highest BCUT2D eigenvalue weighted by Crippen LogP contribution is 2.38. The van der Waals surface area contributed by atoms with E-state index in [2.05, 4.69) is 39.0 Å². The summed E-state index contributed by atoms with van der Waals surface area (Å²) in [6, 6.07) is 11.4. The lowest BCUT2D eigenvalue weighted by Crippen LogP contribution is -2.40. The Balaban J connectivity index is 0.00000148. The Bertz CT molecular complexity index is 1180. The summed E-state index contributed by atoms with van der Waals surface area (Å²) >= 11 is 10.3. The highest BCUT2D eigenvalue weighted by molar-refractivity contribution is 14.1. The number of piperidine rings is 1. The Morgan fingerprint density at radius 3 is 2.61 bits per heavy atom. The number of carbonyl (C=O) groups excluding carboxylic acids is 1. The van der Waals surface area contributed by atoms with E-state index in [1.165, 1.54) is 0 Å². The Morgan fingerprint density at radius 1 is 1.17 bits per heavy atom. The van der Waals surface area contributed by atoms with Crippen molar-refractivity contribution in [2.45, 2.75) is 37.9 Å². The number of aliphatic hydroxyl groups is 2. The average molecular weight is 641 g/mol. The average Bonchev–Trinajstić information content (AvgIpc) is 3.37. The minimum Gasteiger partial charge on any atom is -0.474 e. The van der Waals surface area contributed by atoms with Crippen LogP contribution < -0.4 is 4.74 Å². The molecule has 1 aromatic carbocycles. The van der Waals surface area contributed by atoms with Gasteiger partial charge in [0.2, 0.25) is 5.88 Å². The third-order valence-electron chi connectivity index (χ3n) is 6.64. The predicted molar refractivity (Wildman–Crippen MR) is 153 cm³/mol. The Morgan fingerprint density at radius 2 is 1.92 bits per heavy atom. The molecule has 0 atom stereocenters. The van der Waals surface area contributed by atoms with E-state index in [4.69, 9.17) is 16.3 Å². The van der Waals surface area contributed by atoms with Gasteiger partial charge in [-0.1, -0.05) is 40.3 Å². The number of rotatable bonds is 6. The van der Waals surface area contributed by atoms with Crippen molar-refractivity contribution in [3.05, 3.63) is 58.6 Å². The molecular weight excluding hydrogens is 611 g/mol. The van der Waals surface area contributed by atoms with Crippen LogP contribution >= 0.6 is 45.5 Å². The topological polar surface area (TPSA) is 82.9 Å². The van der Waals surface area contributed by atoms with E-state index in [0.717, 1.165) is 34.4 Å². The van der Waals surface area contributed by atoms with E-state index in [-0.39, 0.29) is 24.7 Å². The molecule has 36 heavy (non-hydrogen) atoms. The van der Waals surface area contributed by atoms with Gasteiger partial charge in [-0.3, -0.25) is 4.79 Å². The summed E-state index contributed by atoms with van der Waals surface area (Å²) in [5.41, 5.74) is 3.52. The molecule has 1 aliphatic carbocycles. The maximum atomic E-state index is 12.8. The highest BCUT2D eigenvalue weighted by atomic mass is 127. The molecule has 1 amide bonds. The van der Waals surface area contributed by atoms with Crippen molar-refractivity contribution >= 4 is 51.4 Å². The number of amides is 1. The normalized spacial score (nSPS) is 19.8. The monoisotopic (exact) mass is 640 g/mol. The van der Waals surface area contributed by atoms with Gasteiger partial charge in [0.1, 0.15) is 6.10 Å². The van der Waals surface area contributed by atoms with Gasteiger partial charge in [-0.2, -0.15) is 0 Å². The number of alkyl halides is 1. The quantitative estimate of drug-likeness (QED) is 0.258. The first-order valence-corrected chi connectivity index (χ1v) is 15.4. The molecule has 5 rings (SSSR count). The van der Waals surface area contributed by atoms with E-state index in [9.17, 15) is 15.0 Å². The first kappa shape index (κ1) is 27.3. The summed E-state index contributed by atoms with van der Waals surface area (Å²) in [5, 5.41) is 21.5. The first-order valence-electron chi connectivity index (χ1n) is 12.0. The number of aromatic nitrogens is 1. The predicted octanol–water partition coefficient (Wildman–Crippen LogP) is 5.93. The van der Waals surface area contributed by atoms with Crippen LogP contribution in [0.1, 0.15) is 36.0 Å². The third kappa shape index (κ3) is 6.39. The molecule has 6 nitrogen and oxygen atoms in total. The number of likely N-dealkylation sites (tertiary alicyclic amines) is 1. The van der Waals surface area contributed by atoms with Gasteiger partial charge in [0.05, 0.1) is 11.1 Å². The number of aliphatic hydroxyl groups excluding tert-OH is 2. The van der Waals surface area contributed by atoms with Crippen molar-refractivity contribution in [3.63, 3.8) is 0 Å². The standard InChI is InChI=1S/C26H27ClN2O4S.CH3I/c27-23-11-18(26(32)29-7-4-20(31)5-8-29)1-2-22(23)24-12-19(15-34-24)17-3-6-28-25(13-17)33-21-9-16(10-21)14-30;1-2/h1-3,6,11-13,15-16,20-21,30-31H,4-5,7-10,14H2;1H3. The lowest BCUT2D eigenvalue weighted by atomic mass is 9.83. The van der Waals surface area contributed by atoms with Gasteiger partial charge >= 0.3 is 0 Å². The van der Waals surface area contributed by atoms with Crippen LogP contribution in [0.4, 0.5) is 0 Å². The molecule has 1 saturated heterocycles. The Kier molecular flexibility index (Phi) is 9.63. The lowest BCUT2D eigenvalue weighted by Gasteiger charge is -2.33. The molecule has 0 spiro atoms. The third-order valence-corrected chi connectivity index (χ3v) is 7.92. The SMILES string of the molecule is CI.O=C(c1ccc(-c2cc(-c3ccnc(OC4CC(CO)C4)c3)cs2)c(Cl)c1)N1CCC(O)CC1. The van der Waals surface area contributed by atoms with Crippen molar-refractivity contribution in [3.8, 4) is 27.4 Å². The van der Waals surface area contributed by atoms with Gasteiger partial charge in [0, 0.05) is 48.0 Å². The van der Waals surface area contributed by atoms with Crippen LogP contribution in [0, 0.1) is 5.92 Å². The molecule has 192 valence electrons. The number of halogens is 2. The molecule has 3 aromatic rings. The minimum atomic E-state index is -0.317. The molecule has 2 aromatic heterocycles. The van der Waals surface area contributed by atoms with E-state index in [1.807, 2.05) is 29.2 Å². The van der Waals surface area contributed by atoms with Gasteiger partial charge in [0.15, 0.2) is 0 Å². The number of benzene rings is 1. The van der Waals surface area contributed by atoms with E-state index < -0.39 is 0 Å². The molecule has 1 saturated carbocycles. The van der Waals surface area contributed by atoms with E-state index in [1.54, 1.807) is 28.5 Å². The number of nitrogens with zero attached hydrogens (tertiary/aromatic N) is 2. The van der Waals surface area contributed by atoms with Gasteiger partial charge in [0.25, 0.3) is 5.91 Å². The van der Waals surface area contributed by atoms with Crippen molar-refractivity contribution in [2.75, 3.05) is 24.6 Å². The Labute approximate surface area is 234 Å². The van der Waals surface area contributed by atoms with Gasteiger partial charge < -0.3 is 19.8 Å². The van der Waals surface area contributed by atoms with Crippen LogP contribution in [0.5, 0.6) is 5.88 Å². The summed E-state index contributed by atoms with van der Waals surface area (Å²) in [4.78, 5) is 21.9. The smallest absolute Gasteiger partial charge is 0.253 e. The molecule has 0 radical (unpaired) electrons. The van der Waals surface area contributed by atoms with Crippen molar-refractivity contribution < 1.29 is 19.7 Å². The zero-order chi connectivity index (χ0) is 25.7. The van der Waals surface area contributed by atoms with Gasteiger partial charge in [-0.05, 0) is 77.3 Å². The van der Waals surface area contributed by atoms with Crippen LogP contribution in [0.2, 0.25) is 5.02 Å². The molecule has 1 aliphatic heterocycles. The van der Waals surface area contributed by atoms with Gasteiger partial charge in [-0.15, -0.1) is 11.3 Å². The fourth-order valence-electron chi connectivity index (χ4n) is 4.47. The summed E-state index contributed by atoms with van der Waals surface area (Å²) in [6.45, 7) is 1.34. The second-order valence-electron chi connectivity index (χ2n) is 9.06. The molecule has 0 unspecified atom stereocenters. The molecule has 2 fully saturated rings. The van der Waals surface area contributed by atoms with Crippen molar-refractivity contribution in [1.82, 2.24) is 9.88 Å². The summed E-state index contributed by atoms with van der Waals surface area (Å²) in [6.07, 6.45) is 4.50. The van der Waals surface area contributed by atoms with Crippen molar-refractivity contribution in [2.24, 2.45) is 5.92 Å².